The number of fused-ring (bicyclic) bond motifs is 1. The molecule has 0 aliphatic carbocycles. The van der Waals surface area contributed by atoms with E-state index >= 15 is 0 Å². The Morgan fingerprint density at radius 3 is 2.55 bits per heavy atom. The molecule has 0 bridgehead atoms. The van der Waals surface area contributed by atoms with Crippen molar-refractivity contribution in [2.75, 3.05) is 19.6 Å². The molecular weight excluding hydrogens is 374 g/mol. The molecule has 0 radical (unpaired) electrons. The number of hydrogen-bond donors (Lipinski definition) is 1. The van der Waals surface area contributed by atoms with E-state index in [9.17, 15) is 19.2 Å². The summed E-state index contributed by atoms with van der Waals surface area (Å²) in [4.78, 5) is 53.2. The first kappa shape index (κ1) is 19.2. The summed E-state index contributed by atoms with van der Waals surface area (Å²) in [5, 5.41) is 2.84. The van der Waals surface area contributed by atoms with Crippen molar-refractivity contribution in [1.29, 1.82) is 0 Å². The molecule has 2 fully saturated rings. The number of amides is 4. The van der Waals surface area contributed by atoms with Gasteiger partial charge in [0.25, 0.3) is 11.8 Å². The van der Waals surface area contributed by atoms with Gasteiger partial charge in [0.15, 0.2) is 11.2 Å². The summed E-state index contributed by atoms with van der Waals surface area (Å²) < 4.78 is 5.65. The molecule has 2 saturated heterocycles. The Morgan fingerprint density at radius 2 is 1.86 bits per heavy atom. The zero-order chi connectivity index (χ0) is 20.8. The minimum atomic E-state index is -0.914. The van der Waals surface area contributed by atoms with Crippen LogP contribution in [0.25, 0.3) is 11.0 Å². The monoisotopic (exact) mass is 397 g/mol. The number of nitrogens with zero attached hydrogens (tertiary/aromatic N) is 2. The van der Waals surface area contributed by atoms with Crippen LogP contribution >= 0.6 is 0 Å². The normalized spacial score (nSPS) is 18.7. The van der Waals surface area contributed by atoms with Crippen LogP contribution < -0.4 is 10.7 Å². The van der Waals surface area contributed by atoms with E-state index in [1.54, 1.807) is 34.1 Å². The van der Waals surface area contributed by atoms with Crippen molar-refractivity contribution in [2.45, 2.75) is 32.2 Å². The molecule has 2 aliphatic rings. The molecule has 1 aromatic heterocycles. The van der Waals surface area contributed by atoms with Crippen molar-refractivity contribution in [3.05, 3.63) is 46.3 Å². The molecule has 2 aromatic rings. The molecule has 152 valence electrons. The van der Waals surface area contributed by atoms with Gasteiger partial charge in [-0.25, -0.2) is 4.79 Å². The number of para-hydroxylation sites is 1. The van der Waals surface area contributed by atoms with E-state index < -0.39 is 5.54 Å². The number of nitrogens with one attached hydrogen (secondary N) is 1. The second-order valence-corrected chi connectivity index (χ2v) is 8.06. The Balaban J connectivity index is 1.55. The number of benzene rings is 1. The summed E-state index contributed by atoms with van der Waals surface area (Å²) in [5.74, 6) is -0.485. The van der Waals surface area contributed by atoms with Crippen LogP contribution in [0.3, 0.4) is 0 Å². The summed E-state index contributed by atoms with van der Waals surface area (Å²) in [5.41, 5.74) is -0.823. The first-order valence-corrected chi connectivity index (χ1v) is 9.77. The summed E-state index contributed by atoms with van der Waals surface area (Å²) in [6, 6.07) is 7.62. The van der Waals surface area contributed by atoms with Crippen LogP contribution in [0.2, 0.25) is 0 Å². The average molecular weight is 397 g/mol. The topological polar surface area (TPSA) is 99.9 Å². The summed E-state index contributed by atoms with van der Waals surface area (Å²) in [7, 11) is 0. The molecule has 2 aliphatic heterocycles. The van der Waals surface area contributed by atoms with Crippen LogP contribution in [0.4, 0.5) is 4.79 Å². The van der Waals surface area contributed by atoms with Crippen molar-refractivity contribution in [3.63, 3.8) is 0 Å². The molecule has 0 saturated carbocycles. The zero-order valence-electron chi connectivity index (χ0n) is 16.4. The standard InChI is InChI=1S/C21H23N3O5/c1-13(2)12-24-20(28)22-19(27)21(24)7-9-23(10-8-21)18(26)17-11-15(25)14-5-3-4-6-16(14)29-17/h3-6,11,13H,7-10,12H2,1-2H3,(H,22,27,28). The van der Waals surface area contributed by atoms with E-state index in [1.165, 1.54) is 6.07 Å². The molecule has 8 heteroatoms. The van der Waals surface area contributed by atoms with Crippen molar-refractivity contribution in [1.82, 2.24) is 15.1 Å². The van der Waals surface area contributed by atoms with E-state index in [0.29, 0.717) is 43.4 Å². The lowest BCUT2D eigenvalue weighted by Crippen LogP contribution is -2.58. The number of rotatable bonds is 3. The van der Waals surface area contributed by atoms with E-state index in [2.05, 4.69) is 5.32 Å². The van der Waals surface area contributed by atoms with Crippen LogP contribution in [0.5, 0.6) is 0 Å². The van der Waals surface area contributed by atoms with E-state index in [4.69, 9.17) is 4.42 Å². The first-order chi connectivity index (χ1) is 13.8. The van der Waals surface area contributed by atoms with E-state index in [1.807, 2.05) is 13.8 Å². The molecule has 1 spiro atoms. The third kappa shape index (κ3) is 3.18. The maximum Gasteiger partial charge on any atom is 0.325 e. The number of likely N-dealkylation sites (tertiary alicyclic amines) is 1. The number of urea groups is 1. The maximum atomic E-state index is 12.9. The smallest absolute Gasteiger partial charge is 0.325 e. The third-order valence-corrected chi connectivity index (χ3v) is 5.68. The van der Waals surface area contributed by atoms with Gasteiger partial charge in [-0.15, -0.1) is 0 Å². The van der Waals surface area contributed by atoms with Crippen LogP contribution in [-0.2, 0) is 4.79 Å². The fraction of sp³-hybridized carbons (Fsp3) is 0.429. The quantitative estimate of drug-likeness (QED) is 0.799. The molecule has 1 aromatic carbocycles. The molecule has 1 N–H and O–H groups in total. The van der Waals surface area contributed by atoms with Gasteiger partial charge in [0.2, 0.25) is 0 Å². The number of carbonyl (C=O) groups excluding carboxylic acids is 3. The van der Waals surface area contributed by atoms with E-state index in [0.717, 1.165) is 0 Å². The van der Waals surface area contributed by atoms with Crippen molar-refractivity contribution >= 4 is 28.8 Å². The number of carbonyl (C=O) groups is 3. The second-order valence-electron chi connectivity index (χ2n) is 8.06. The van der Waals surface area contributed by atoms with Crippen LogP contribution in [0, 0.1) is 5.92 Å². The highest BCUT2D eigenvalue weighted by Crippen LogP contribution is 2.34. The fourth-order valence-corrected chi connectivity index (χ4v) is 4.16. The van der Waals surface area contributed by atoms with E-state index in [-0.39, 0.29) is 35.0 Å². The highest BCUT2D eigenvalue weighted by Gasteiger charge is 2.54. The molecule has 0 unspecified atom stereocenters. The third-order valence-electron chi connectivity index (χ3n) is 5.68. The Bertz CT molecular complexity index is 1050. The average Bonchev–Trinajstić information content (AvgIpc) is 2.91. The van der Waals surface area contributed by atoms with Gasteiger partial charge >= 0.3 is 6.03 Å². The predicted molar refractivity (Wildman–Crippen MR) is 105 cm³/mol. The van der Waals surface area contributed by atoms with Crippen LogP contribution in [-0.4, -0.2) is 52.8 Å². The van der Waals surface area contributed by atoms with Crippen LogP contribution in [0.15, 0.2) is 39.5 Å². The minimum Gasteiger partial charge on any atom is -0.451 e. The molecule has 4 amide bonds. The lowest BCUT2D eigenvalue weighted by molar-refractivity contribution is -0.129. The lowest BCUT2D eigenvalue weighted by Gasteiger charge is -2.42. The first-order valence-electron chi connectivity index (χ1n) is 9.77. The van der Waals surface area contributed by atoms with Gasteiger partial charge in [-0.1, -0.05) is 26.0 Å². The largest absolute Gasteiger partial charge is 0.451 e. The number of hydrogen-bond acceptors (Lipinski definition) is 5. The van der Waals surface area contributed by atoms with Gasteiger partial charge in [0.1, 0.15) is 11.1 Å². The minimum absolute atomic E-state index is 0.0179. The SMILES string of the molecule is CC(C)CN1C(=O)NC(=O)C12CCN(C(=O)c1cc(=O)c3ccccc3o1)CC2. The highest BCUT2D eigenvalue weighted by molar-refractivity contribution is 6.07. The molecule has 8 nitrogen and oxygen atoms in total. The number of piperidine rings is 1. The predicted octanol–water partition coefficient (Wildman–Crippen LogP) is 1.98. The van der Waals surface area contributed by atoms with Crippen LogP contribution in [0.1, 0.15) is 37.2 Å². The fourth-order valence-electron chi connectivity index (χ4n) is 4.16. The van der Waals surface area contributed by atoms with Gasteiger partial charge in [-0.2, -0.15) is 0 Å². The molecule has 0 atom stereocenters. The van der Waals surface area contributed by atoms with Gasteiger partial charge in [0.05, 0.1) is 5.39 Å². The van der Waals surface area contributed by atoms with Crippen molar-refractivity contribution in [3.8, 4) is 0 Å². The molecular formula is C21H23N3O5. The van der Waals surface area contributed by atoms with Gasteiger partial charge in [-0.05, 0) is 30.9 Å². The van der Waals surface area contributed by atoms with Crippen molar-refractivity contribution in [2.24, 2.45) is 5.92 Å². The maximum absolute atomic E-state index is 12.9. The molecule has 3 heterocycles. The second kappa shape index (κ2) is 7.02. The molecule has 29 heavy (non-hydrogen) atoms. The Labute approximate surface area is 167 Å². The van der Waals surface area contributed by atoms with Crippen molar-refractivity contribution < 1.29 is 18.8 Å². The van der Waals surface area contributed by atoms with Gasteiger partial charge in [-0.3, -0.25) is 19.7 Å². The highest BCUT2D eigenvalue weighted by atomic mass is 16.3. The molecule has 4 rings (SSSR count). The summed E-state index contributed by atoms with van der Waals surface area (Å²) in [6.45, 7) is 5.05. The van der Waals surface area contributed by atoms with Gasteiger partial charge < -0.3 is 14.2 Å². The Hall–Kier alpha value is -3.16. The Morgan fingerprint density at radius 1 is 1.17 bits per heavy atom. The Kier molecular flexibility index (Phi) is 4.64. The summed E-state index contributed by atoms with van der Waals surface area (Å²) >= 11 is 0. The number of imide groups is 1. The summed E-state index contributed by atoms with van der Waals surface area (Å²) in [6.07, 6.45) is 0.696. The van der Waals surface area contributed by atoms with Gasteiger partial charge in [0, 0.05) is 25.7 Å². The zero-order valence-corrected chi connectivity index (χ0v) is 16.4. The lowest BCUT2D eigenvalue weighted by atomic mass is 9.85.